The van der Waals surface area contributed by atoms with Crippen molar-refractivity contribution in [1.82, 2.24) is 10.6 Å². The quantitative estimate of drug-likeness (QED) is 0.388. The highest BCUT2D eigenvalue weighted by molar-refractivity contribution is 5.79. The summed E-state index contributed by atoms with van der Waals surface area (Å²) in [6.45, 7) is 10.4. The Morgan fingerprint density at radius 3 is 2.80 bits per heavy atom. The maximum Gasteiger partial charge on any atom is 0.191 e. The summed E-state index contributed by atoms with van der Waals surface area (Å²) in [5, 5.41) is 6.71. The fraction of sp³-hybridized carbons (Fsp3) is 0.938. The van der Waals surface area contributed by atoms with E-state index in [1.807, 2.05) is 0 Å². The molecule has 0 aliphatic carbocycles. The van der Waals surface area contributed by atoms with Crippen LogP contribution in [0.2, 0.25) is 0 Å². The molecular weight excluding hydrogens is 250 g/mol. The molecule has 1 fully saturated rings. The lowest BCUT2D eigenvalue weighted by molar-refractivity contribution is 0.105. The number of unbranched alkanes of at least 4 members (excludes halogenated alkanes) is 1. The summed E-state index contributed by atoms with van der Waals surface area (Å²) < 4.78 is 5.63. The van der Waals surface area contributed by atoms with Crippen LogP contribution in [0.3, 0.4) is 0 Å². The van der Waals surface area contributed by atoms with Crippen LogP contribution >= 0.6 is 0 Å². The number of guanidine groups is 1. The Bertz CT molecular complexity index is 260. The molecule has 0 saturated carbocycles. The van der Waals surface area contributed by atoms with Crippen molar-refractivity contribution in [1.29, 1.82) is 0 Å². The lowest BCUT2D eigenvalue weighted by Crippen LogP contribution is -2.38. The Kier molecular flexibility index (Phi) is 9.46. The summed E-state index contributed by atoms with van der Waals surface area (Å²) in [6, 6.07) is 0. The summed E-state index contributed by atoms with van der Waals surface area (Å²) in [4.78, 5) is 4.63. The minimum Gasteiger partial charge on any atom is -0.378 e. The molecule has 0 spiro atoms. The summed E-state index contributed by atoms with van der Waals surface area (Å²) in [7, 11) is 0. The molecule has 1 saturated heterocycles. The number of hydrogen-bond acceptors (Lipinski definition) is 2. The van der Waals surface area contributed by atoms with Crippen molar-refractivity contribution in [2.45, 2.75) is 65.4 Å². The van der Waals surface area contributed by atoms with Crippen LogP contribution in [-0.4, -0.2) is 38.3 Å². The van der Waals surface area contributed by atoms with E-state index in [2.05, 4.69) is 36.4 Å². The number of nitrogens with one attached hydrogen (secondary N) is 2. The van der Waals surface area contributed by atoms with Crippen molar-refractivity contribution in [3.05, 3.63) is 0 Å². The van der Waals surface area contributed by atoms with Gasteiger partial charge in [0.1, 0.15) is 0 Å². The van der Waals surface area contributed by atoms with E-state index >= 15 is 0 Å². The molecule has 1 aliphatic heterocycles. The molecule has 4 nitrogen and oxygen atoms in total. The van der Waals surface area contributed by atoms with E-state index in [1.54, 1.807) is 0 Å². The Labute approximate surface area is 124 Å². The van der Waals surface area contributed by atoms with Gasteiger partial charge in [-0.15, -0.1) is 0 Å². The van der Waals surface area contributed by atoms with Gasteiger partial charge in [0.25, 0.3) is 0 Å². The molecule has 4 heteroatoms. The Balaban J connectivity index is 2.13. The van der Waals surface area contributed by atoms with Crippen LogP contribution in [0.25, 0.3) is 0 Å². The van der Waals surface area contributed by atoms with Gasteiger partial charge < -0.3 is 15.4 Å². The Hall–Kier alpha value is -0.770. The van der Waals surface area contributed by atoms with Gasteiger partial charge in [-0.1, -0.05) is 26.7 Å². The van der Waals surface area contributed by atoms with Gasteiger partial charge >= 0.3 is 0 Å². The number of rotatable bonds is 9. The highest BCUT2D eigenvalue weighted by Crippen LogP contribution is 2.14. The van der Waals surface area contributed by atoms with Gasteiger partial charge in [-0.2, -0.15) is 0 Å². The average Bonchev–Trinajstić information content (AvgIpc) is 2.91. The molecule has 118 valence electrons. The van der Waals surface area contributed by atoms with Gasteiger partial charge in [-0.25, -0.2) is 0 Å². The molecule has 20 heavy (non-hydrogen) atoms. The van der Waals surface area contributed by atoms with Crippen LogP contribution < -0.4 is 10.6 Å². The third-order valence-electron chi connectivity index (χ3n) is 3.59. The van der Waals surface area contributed by atoms with Gasteiger partial charge in [0, 0.05) is 26.2 Å². The second-order valence-corrected chi connectivity index (χ2v) is 6.00. The SMILES string of the molecule is CCNC(=NCCCCC(C)C)NCCC1CCCO1. The third kappa shape index (κ3) is 8.41. The highest BCUT2D eigenvalue weighted by atomic mass is 16.5. The first kappa shape index (κ1) is 17.3. The van der Waals surface area contributed by atoms with E-state index in [4.69, 9.17) is 4.74 Å². The smallest absolute Gasteiger partial charge is 0.191 e. The molecule has 0 aromatic heterocycles. The normalized spacial score (nSPS) is 19.6. The molecule has 0 aromatic rings. The topological polar surface area (TPSA) is 45.7 Å². The molecule has 0 aromatic carbocycles. The first-order valence-electron chi connectivity index (χ1n) is 8.36. The van der Waals surface area contributed by atoms with Crippen LogP contribution in [0.15, 0.2) is 4.99 Å². The molecule has 1 unspecified atom stereocenters. The summed E-state index contributed by atoms with van der Waals surface area (Å²) in [5.41, 5.74) is 0. The van der Waals surface area contributed by atoms with E-state index in [1.165, 1.54) is 32.1 Å². The molecule has 0 bridgehead atoms. The van der Waals surface area contributed by atoms with Gasteiger partial charge in [-0.05, 0) is 38.5 Å². The maximum absolute atomic E-state index is 5.63. The van der Waals surface area contributed by atoms with Crippen LogP contribution in [0.4, 0.5) is 0 Å². The maximum atomic E-state index is 5.63. The predicted molar refractivity (Wildman–Crippen MR) is 86.3 cm³/mol. The number of nitrogens with zero attached hydrogens (tertiary/aromatic N) is 1. The van der Waals surface area contributed by atoms with Gasteiger partial charge in [0.15, 0.2) is 5.96 Å². The second kappa shape index (κ2) is 11.0. The van der Waals surface area contributed by atoms with Gasteiger partial charge in [0.2, 0.25) is 0 Å². The van der Waals surface area contributed by atoms with E-state index in [0.717, 1.165) is 44.5 Å². The molecule has 1 atom stereocenters. The largest absolute Gasteiger partial charge is 0.378 e. The van der Waals surface area contributed by atoms with Crippen molar-refractivity contribution < 1.29 is 4.74 Å². The number of ether oxygens (including phenoxy) is 1. The monoisotopic (exact) mass is 283 g/mol. The lowest BCUT2D eigenvalue weighted by atomic mass is 10.1. The van der Waals surface area contributed by atoms with Crippen LogP contribution in [-0.2, 0) is 4.74 Å². The van der Waals surface area contributed by atoms with Gasteiger partial charge in [-0.3, -0.25) is 4.99 Å². The van der Waals surface area contributed by atoms with E-state index in [0.29, 0.717) is 6.10 Å². The summed E-state index contributed by atoms with van der Waals surface area (Å²) in [6.07, 6.45) is 7.73. The minimum atomic E-state index is 0.455. The zero-order valence-corrected chi connectivity index (χ0v) is 13.6. The van der Waals surface area contributed by atoms with Crippen LogP contribution in [0.1, 0.15) is 59.3 Å². The molecule has 1 aliphatic rings. The minimum absolute atomic E-state index is 0.455. The zero-order valence-electron chi connectivity index (χ0n) is 13.6. The van der Waals surface area contributed by atoms with E-state index in [-0.39, 0.29) is 0 Å². The van der Waals surface area contributed by atoms with E-state index in [9.17, 15) is 0 Å². The summed E-state index contributed by atoms with van der Waals surface area (Å²) >= 11 is 0. The van der Waals surface area contributed by atoms with Crippen molar-refractivity contribution in [2.75, 3.05) is 26.2 Å². The Morgan fingerprint density at radius 2 is 2.15 bits per heavy atom. The average molecular weight is 283 g/mol. The van der Waals surface area contributed by atoms with Crippen molar-refractivity contribution in [3.8, 4) is 0 Å². The molecule has 0 radical (unpaired) electrons. The van der Waals surface area contributed by atoms with Crippen molar-refractivity contribution in [3.63, 3.8) is 0 Å². The summed E-state index contributed by atoms with van der Waals surface area (Å²) in [5.74, 6) is 1.76. The molecule has 1 rings (SSSR count). The standard InChI is InChI=1S/C16H33N3O/c1-4-17-16(18-11-6-5-8-14(2)3)19-12-10-15-9-7-13-20-15/h14-15H,4-13H2,1-3H3,(H2,17,18,19). The predicted octanol–water partition coefficient (Wildman–Crippen LogP) is 2.94. The van der Waals surface area contributed by atoms with Crippen LogP contribution in [0, 0.1) is 5.92 Å². The van der Waals surface area contributed by atoms with E-state index < -0.39 is 0 Å². The fourth-order valence-corrected chi connectivity index (χ4v) is 2.42. The van der Waals surface area contributed by atoms with Gasteiger partial charge in [0.05, 0.1) is 6.10 Å². The highest BCUT2D eigenvalue weighted by Gasteiger charge is 2.14. The van der Waals surface area contributed by atoms with Crippen molar-refractivity contribution >= 4 is 5.96 Å². The van der Waals surface area contributed by atoms with Crippen molar-refractivity contribution in [2.24, 2.45) is 10.9 Å². The lowest BCUT2D eigenvalue weighted by Gasteiger charge is -2.13. The zero-order chi connectivity index (χ0) is 14.6. The second-order valence-electron chi connectivity index (χ2n) is 6.00. The molecule has 0 amide bonds. The third-order valence-corrected chi connectivity index (χ3v) is 3.59. The first-order chi connectivity index (χ1) is 9.72. The number of aliphatic imine (C=N–C) groups is 1. The number of hydrogen-bond donors (Lipinski definition) is 2. The molecule has 2 N–H and O–H groups in total. The first-order valence-corrected chi connectivity index (χ1v) is 8.36. The van der Waals surface area contributed by atoms with Crippen LogP contribution in [0.5, 0.6) is 0 Å². The molecular formula is C16H33N3O. The molecule has 1 heterocycles. The fourth-order valence-electron chi connectivity index (χ4n) is 2.42. The Morgan fingerprint density at radius 1 is 1.30 bits per heavy atom.